The number of benzene rings is 2. The molecule has 0 aromatic heterocycles. The Morgan fingerprint density at radius 2 is 1.75 bits per heavy atom. The molecule has 0 bridgehead atoms. The molecule has 1 atom stereocenters. The van der Waals surface area contributed by atoms with E-state index in [9.17, 15) is 4.79 Å². The number of ketones is 1. The van der Waals surface area contributed by atoms with Crippen LogP contribution < -0.4 is 4.74 Å². The van der Waals surface area contributed by atoms with Gasteiger partial charge in [-0.3, -0.25) is 0 Å². The van der Waals surface area contributed by atoms with Gasteiger partial charge in [-0.05, 0) is 0 Å². The summed E-state index contributed by atoms with van der Waals surface area (Å²) in [5, 5.41) is 0. The van der Waals surface area contributed by atoms with Gasteiger partial charge in [0.2, 0.25) is 0 Å². The van der Waals surface area contributed by atoms with Crippen LogP contribution in [0.1, 0.15) is 52.8 Å². The normalized spacial score (nSPS) is 16.0. The molecule has 126 valence electrons. The van der Waals surface area contributed by atoms with Crippen molar-refractivity contribution in [2.75, 3.05) is 7.11 Å². The first-order chi connectivity index (χ1) is 11.8. The van der Waals surface area contributed by atoms with Crippen molar-refractivity contribution in [2.24, 2.45) is 0 Å². The molecular weight excluding hydrogens is 363 g/mol. The first-order valence-corrected chi connectivity index (χ1v) is 10.6. The molecule has 0 unspecified atom stereocenters. The molecule has 1 fully saturated rings. The molecule has 0 heterocycles. The molecule has 0 radical (unpaired) electrons. The Bertz CT molecular complexity index is 645. The molecule has 0 saturated heterocycles. The minimum absolute atomic E-state index is 0.260. The Kier molecular flexibility index (Phi) is 6.12. The standard InChI is InChI=1S/C21H24O2Se/c1-23-18-13-11-17(12-14-18)21(24-19-9-5-6-10-19)15-20(22)16-7-3-2-4-8-16/h2-4,7-8,11-14,19,21H,5-6,9-10,15H2,1H3/t21-/m1/s1. The summed E-state index contributed by atoms with van der Waals surface area (Å²) in [4.78, 5) is 13.9. The molecule has 1 aliphatic carbocycles. The fourth-order valence-corrected chi connectivity index (χ4v) is 6.65. The van der Waals surface area contributed by atoms with Gasteiger partial charge in [0.15, 0.2) is 0 Å². The molecule has 2 aromatic rings. The monoisotopic (exact) mass is 388 g/mol. The Morgan fingerprint density at radius 3 is 2.38 bits per heavy atom. The average Bonchev–Trinajstić information content (AvgIpc) is 3.15. The molecule has 0 amide bonds. The van der Waals surface area contributed by atoms with Gasteiger partial charge >= 0.3 is 151 Å². The van der Waals surface area contributed by atoms with E-state index in [0.29, 0.717) is 26.2 Å². The zero-order valence-corrected chi connectivity index (χ0v) is 15.8. The van der Waals surface area contributed by atoms with Crippen LogP contribution in [0.15, 0.2) is 54.6 Å². The number of methoxy groups -OCH3 is 1. The van der Waals surface area contributed by atoms with Gasteiger partial charge in [0, 0.05) is 0 Å². The minimum atomic E-state index is 0.260. The van der Waals surface area contributed by atoms with Gasteiger partial charge < -0.3 is 0 Å². The molecular formula is C21H24O2Se. The van der Waals surface area contributed by atoms with Gasteiger partial charge in [-0.25, -0.2) is 0 Å². The zero-order valence-electron chi connectivity index (χ0n) is 14.1. The summed E-state index contributed by atoms with van der Waals surface area (Å²) in [5.41, 5.74) is 2.12. The van der Waals surface area contributed by atoms with Crippen LogP contribution in [0.3, 0.4) is 0 Å². The summed E-state index contributed by atoms with van der Waals surface area (Å²) >= 11 is 0.468. The maximum absolute atomic E-state index is 12.7. The van der Waals surface area contributed by atoms with E-state index in [4.69, 9.17) is 4.74 Å². The van der Waals surface area contributed by atoms with Gasteiger partial charge in [0.05, 0.1) is 0 Å². The second-order valence-electron chi connectivity index (χ2n) is 6.30. The Labute approximate surface area is 150 Å². The Balaban J connectivity index is 1.76. The topological polar surface area (TPSA) is 26.3 Å². The van der Waals surface area contributed by atoms with Crippen molar-refractivity contribution in [1.82, 2.24) is 0 Å². The van der Waals surface area contributed by atoms with Gasteiger partial charge in [0.25, 0.3) is 0 Å². The van der Waals surface area contributed by atoms with Crippen LogP contribution in [0, 0.1) is 0 Å². The van der Waals surface area contributed by atoms with E-state index < -0.39 is 0 Å². The SMILES string of the molecule is COc1ccc([C@@H](CC(=O)c2ccccc2)[Se]C2CCCC2)cc1. The van der Waals surface area contributed by atoms with E-state index in [0.717, 1.165) is 16.1 Å². The van der Waals surface area contributed by atoms with Crippen molar-refractivity contribution < 1.29 is 9.53 Å². The molecule has 2 nitrogen and oxygen atoms in total. The Morgan fingerprint density at radius 1 is 1.08 bits per heavy atom. The summed E-state index contributed by atoms with van der Waals surface area (Å²) in [6.07, 6.45) is 6.01. The molecule has 1 aliphatic rings. The molecule has 0 N–H and O–H groups in total. The van der Waals surface area contributed by atoms with Crippen LogP contribution >= 0.6 is 0 Å². The third-order valence-corrected chi connectivity index (χ3v) is 8.02. The molecule has 0 spiro atoms. The fourth-order valence-electron chi connectivity index (χ4n) is 3.23. The number of rotatable bonds is 7. The number of carbonyl (C=O) groups excluding carboxylic acids is 1. The van der Waals surface area contributed by atoms with Crippen LogP contribution in [-0.2, 0) is 0 Å². The quantitative estimate of drug-likeness (QED) is 0.489. The van der Waals surface area contributed by atoms with Gasteiger partial charge in [0.1, 0.15) is 0 Å². The maximum atomic E-state index is 12.7. The van der Waals surface area contributed by atoms with E-state index in [1.165, 1.54) is 31.2 Å². The Hall–Kier alpha value is -1.57. The van der Waals surface area contributed by atoms with Crippen molar-refractivity contribution in [3.8, 4) is 5.75 Å². The third kappa shape index (κ3) is 4.49. The fraction of sp³-hybridized carbons (Fsp3) is 0.381. The van der Waals surface area contributed by atoms with E-state index >= 15 is 0 Å². The van der Waals surface area contributed by atoms with Crippen LogP contribution in [0.5, 0.6) is 5.75 Å². The van der Waals surface area contributed by atoms with Crippen LogP contribution in [0.2, 0.25) is 4.82 Å². The van der Waals surface area contributed by atoms with E-state index in [2.05, 4.69) is 12.1 Å². The van der Waals surface area contributed by atoms with Crippen molar-refractivity contribution >= 4 is 20.7 Å². The summed E-state index contributed by atoms with van der Waals surface area (Å²) in [7, 11) is 1.69. The summed E-state index contributed by atoms with van der Waals surface area (Å²) in [6, 6.07) is 18.0. The second-order valence-corrected chi connectivity index (χ2v) is 9.46. The predicted molar refractivity (Wildman–Crippen MR) is 99.1 cm³/mol. The number of ether oxygens (including phenoxy) is 1. The van der Waals surface area contributed by atoms with Gasteiger partial charge in [-0.2, -0.15) is 0 Å². The van der Waals surface area contributed by atoms with E-state index in [-0.39, 0.29) is 5.78 Å². The molecule has 3 heteroatoms. The molecule has 2 aromatic carbocycles. The summed E-state index contributed by atoms with van der Waals surface area (Å²) in [5.74, 6) is 1.14. The summed E-state index contributed by atoms with van der Waals surface area (Å²) in [6.45, 7) is 0. The molecule has 0 aliphatic heterocycles. The van der Waals surface area contributed by atoms with E-state index in [1.54, 1.807) is 7.11 Å². The third-order valence-electron chi connectivity index (χ3n) is 4.61. The van der Waals surface area contributed by atoms with Crippen molar-refractivity contribution in [3.63, 3.8) is 0 Å². The molecule has 24 heavy (non-hydrogen) atoms. The molecule has 3 rings (SSSR count). The molecule has 1 saturated carbocycles. The zero-order chi connectivity index (χ0) is 16.8. The van der Waals surface area contributed by atoms with E-state index in [1.807, 2.05) is 42.5 Å². The number of carbonyl (C=O) groups is 1. The first-order valence-electron chi connectivity index (χ1n) is 8.64. The van der Waals surface area contributed by atoms with Crippen molar-refractivity contribution in [1.29, 1.82) is 0 Å². The predicted octanol–water partition coefficient (Wildman–Crippen LogP) is 5.08. The number of Topliss-reactive ketones (excluding diaryl/α,β-unsaturated/α-hetero) is 1. The first kappa shape index (κ1) is 17.3. The van der Waals surface area contributed by atoms with Crippen molar-refractivity contribution in [2.45, 2.75) is 41.7 Å². The summed E-state index contributed by atoms with van der Waals surface area (Å²) < 4.78 is 5.27. The van der Waals surface area contributed by atoms with Gasteiger partial charge in [-0.15, -0.1) is 0 Å². The van der Waals surface area contributed by atoms with Crippen LogP contribution in [0.4, 0.5) is 0 Å². The van der Waals surface area contributed by atoms with Gasteiger partial charge in [-0.1, -0.05) is 0 Å². The number of hydrogen-bond donors (Lipinski definition) is 0. The van der Waals surface area contributed by atoms with Crippen LogP contribution in [-0.4, -0.2) is 27.8 Å². The number of hydrogen-bond acceptors (Lipinski definition) is 2. The average molecular weight is 387 g/mol. The second kappa shape index (κ2) is 8.50. The van der Waals surface area contributed by atoms with Crippen LogP contribution in [0.25, 0.3) is 0 Å². The van der Waals surface area contributed by atoms with Crippen molar-refractivity contribution in [3.05, 3.63) is 65.7 Å².